The van der Waals surface area contributed by atoms with Crippen LogP contribution in [0.3, 0.4) is 0 Å². The standard InChI is InChI=1S/C12H15NO3/c1-15-10-6-3-2-5-9(10)13-12(14)11-7-4-8-16-11/h2-3,5-6,11H,4,7-8H2,1H3,(H,13,14)/t11-/m1/s1. The summed E-state index contributed by atoms with van der Waals surface area (Å²) in [6, 6.07) is 7.34. The molecule has 4 nitrogen and oxygen atoms in total. The lowest BCUT2D eigenvalue weighted by Crippen LogP contribution is -2.27. The van der Waals surface area contributed by atoms with E-state index in [9.17, 15) is 4.79 Å². The van der Waals surface area contributed by atoms with E-state index in [1.54, 1.807) is 7.11 Å². The number of rotatable bonds is 3. The minimum atomic E-state index is -0.315. The smallest absolute Gasteiger partial charge is 0.253 e. The molecule has 0 saturated carbocycles. The molecule has 16 heavy (non-hydrogen) atoms. The molecule has 1 atom stereocenters. The van der Waals surface area contributed by atoms with Crippen LogP contribution in [0.15, 0.2) is 24.3 Å². The Hall–Kier alpha value is -1.55. The molecule has 0 unspecified atom stereocenters. The van der Waals surface area contributed by atoms with E-state index in [1.807, 2.05) is 24.3 Å². The average molecular weight is 221 g/mol. The molecule has 1 aliphatic heterocycles. The molecule has 0 bridgehead atoms. The van der Waals surface area contributed by atoms with Gasteiger partial charge in [-0.2, -0.15) is 0 Å². The lowest BCUT2D eigenvalue weighted by molar-refractivity contribution is -0.124. The van der Waals surface area contributed by atoms with E-state index in [4.69, 9.17) is 9.47 Å². The molecule has 0 spiro atoms. The average Bonchev–Trinajstić information content (AvgIpc) is 2.83. The van der Waals surface area contributed by atoms with Crippen molar-refractivity contribution in [1.82, 2.24) is 0 Å². The van der Waals surface area contributed by atoms with Gasteiger partial charge in [-0.15, -0.1) is 0 Å². The van der Waals surface area contributed by atoms with E-state index in [-0.39, 0.29) is 12.0 Å². The van der Waals surface area contributed by atoms with Gasteiger partial charge in [0, 0.05) is 6.61 Å². The normalized spacial score (nSPS) is 19.4. The van der Waals surface area contributed by atoms with Crippen molar-refractivity contribution in [2.75, 3.05) is 19.0 Å². The predicted octanol–water partition coefficient (Wildman–Crippen LogP) is 1.81. The first-order valence-electron chi connectivity index (χ1n) is 5.37. The predicted molar refractivity (Wildman–Crippen MR) is 60.6 cm³/mol. The minimum absolute atomic E-state index is 0.0954. The zero-order chi connectivity index (χ0) is 11.4. The van der Waals surface area contributed by atoms with Gasteiger partial charge in [0.1, 0.15) is 11.9 Å². The fourth-order valence-corrected chi connectivity index (χ4v) is 1.75. The fourth-order valence-electron chi connectivity index (χ4n) is 1.75. The molecular formula is C12H15NO3. The summed E-state index contributed by atoms with van der Waals surface area (Å²) in [4.78, 5) is 11.8. The fraction of sp³-hybridized carbons (Fsp3) is 0.417. The molecule has 0 aliphatic carbocycles. The van der Waals surface area contributed by atoms with Crippen LogP contribution < -0.4 is 10.1 Å². The molecule has 1 aromatic carbocycles. The number of hydrogen-bond acceptors (Lipinski definition) is 3. The molecule has 4 heteroatoms. The van der Waals surface area contributed by atoms with Crippen molar-refractivity contribution in [3.8, 4) is 5.75 Å². The van der Waals surface area contributed by atoms with Crippen molar-refractivity contribution >= 4 is 11.6 Å². The van der Waals surface area contributed by atoms with E-state index in [0.29, 0.717) is 18.0 Å². The number of benzene rings is 1. The van der Waals surface area contributed by atoms with Gasteiger partial charge in [0.2, 0.25) is 0 Å². The molecule has 1 saturated heterocycles. The van der Waals surface area contributed by atoms with E-state index in [2.05, 4.69) is 5.32 Å². The lowest BCUT2D eigenvalue weighted by atomic mass is 10.2. The number of carbonyl (C=O) groups excluding carboxylic acids is 1. The minimum Gasteiger partial charge on any atom is -0.495 e. The van der Waals surface area contributed by atoms with E-state index < -0.39 is 0 Å². The third-order valence-electron chi connectivity index (χ3n) is 2.59. The van der Waals surface area contributed by atoms with Gasteiger partial charge >= 0.3 is 0 Å². The lowest BCUT2D eigenvalue weighted by Gasteiger charge is -2.12. The molecule has 1 heterocycles. The molecule has 86 valence electrons. The van der Waals surface area contributed by atoms with Crippen LogP contribution in [0, 0.1) is 0 Å². The van der Waals surface area contributed by atoms with Gasteiger partial charge in [-0.1, -0.05) is 12.1 Å². The van der Waals surface area contributed by atoms with Crippen LogP contribution in [0.25, 0.3) is 0 Å². The van der Waals surface area contributed by atoms with Crippen molar-refractivity contribution in [3.63, 3.8) is 0 Å². The Kier molecular flexibility index (Phi) is 3.41. The van der Waals surface area contributed by atoms with Crippen LogP contribution in [0.1, 0.15) is 12.8 Å². The van der Waals surface area contributed by atoms with E-state index in [0.717, 1.165) is 12.8 Å². The Labute approximate surface area is 94.6 Å². The molecular weight excluding hydrogens is 206 g/mol. The van der Waals surface area contributed by atoms with Crippen molar-refractivity contribution in [1.29, 1.82) is 0 Å². The zero-order valence-corrected chi connectivity index (χ0v) is 9.23. The van der Waals surface area contributed by atoms with Crippen molar-refractivity contribution in [2.24, 2.45) is 0 Å². The molecule has 0 radical (unpaired) electrons. The number of hydrogen-bond donors (Lipinski definition) is 1. The highest BCUT2D eigenvalue weighted by Crippen LogP contribution is 2.24. The van der Waals surface area contributed by atoms with Crippen molar-refractivity contribution < 1.29 is 14.3 Å². The highest BCUT2D eigenvalue weighted by molar-refractivity contribution is 5.95. The number of methoxy groups -OCH3 is 1. The second-order valence-corrected chi connectivity index (χ2v) is 3.69. The van der Waals surface area contributed by atoms with Gasteiger partial charge in [-0.25, -0.2) is 0 Å². The van der Waals surface area contributed by atoms with Crippen LogP contribution in [0.5, 0.6) is 5.75 Å². The first kappa shape index (κ1) is 11.0. The maximum Gasteiger partial charge on any atom is 0.253 e. The Balaban J connectivity index is 2.05. The number of amides is 1. The van der Waals surface area contributed by atoms with Gasteiger partial charge in [0.25, 0.3) is 5.91 Å². The largest absolute Gasteiger partial charge is 0.495 e. The number of nitrogens with one attached hydrogen (secondary N) is 1. The van der Waals surface area contributed by atoms with Gasteiger partial charge in [-0.3, -0.25) is 4.79 Å². The topological polar surface area (TPSA) is 47.6 Å². The van der Waals surface area contributed by atoms with Crippen LogP contribution in [-0.2, 0) is 9.53 Å². The summed E-state index contributed by atoms with van der Waals surface area (Å²) in [6.45, 7) is 0.671. The quantitative estimate of drug-likeness (QED) is 0.846. The molecule has 0 aromatic heterocycles. The van der Waals surface area contributed by atoms with Crippen molar-refractivity contribution in [2.45, 2.75) is 18.9 Å². The molecule has 1 fully saturated rings. The molecule has 1 amide bonds. The second-order valence-electron chi connectivity index (χ2n) is 3.69. The first-order valence-corrected chi connectivity index (χ1v) is 5.37. The van der Waals surface area contributed by atoms with Crippen LogP contribution in [-0.4, -0.2) is 25.7 Å². The second kappa shape index (κ2) is 4.99. The van der Waals surface area contributed by atoms with Crippen LogP contribution in [0.4, 0.5) is 5.69 Å². The summed E-state index contributed by atoms with van der Waals surface area (Å²) in [5, 5.41) is 2.81. The summed E-state index contributed by atoms with van der Waals surface area (Å²) in [7, 11) is 1.58. The van der Waals surface area contributed by atoms with Crippen molar-refractivity contribution in [3.05, 3.63) is 24.3 Å². The Morgan fingerprint density at radius 1 is 1.50 bits per heavy atom. The Morgan fingerprint density at radius 3 is 3.00 bits per heavy atom. The third kappa shape index (κ3) is 2.33. The Bertz CT molecular complexity index is 372. The van der Waals surface area contributed by atoms with Crippen LogP contribution >= 0.6 is 0 Å². The van der Waals surface area contributed by atoms with E-state index >= 15 is 0 Å². The van der Waals surface area contributed by atoms with E-state index in [1.165, 1.54) is 0 Å². The third-order valence-corrected chi connectivity index (χ3v) is 2.59. The first-order chi connectivity index (χ1) is 7.81. The van der Waals surface area contributed by atoms with Crippen LogP contribution in [0.2, 0.25) is 0 Å². The zero-order valence-electron chi connectivity index (χ0n) is 9.23. The van der Waals surface area contributed by atoms with Gasteiger partial charge in [0.05, 0.1) is 12.8 Å². The summed E-state index contributed by atoms with van der Waals surface area (Å²) in [5.41, 5.74) is 0.686. The summed E-state index contributed by atoms with van der Waals surface area (Å²) in [5.74, 6) is 0.566. The molecule has 1 aromatic rings. The maximum atomic E-state index is 11.8. The molecule has 1 aliphatic rings. The van der Waals surface area contributed by atoms with Gasteiger partial charge in [0.15, 0.2) is 0 Å². The highest BCUT2D eigenvalue weighted by Gasteiger charge is 2.24. The highest BCUT2D eigenvalue weighted by atomic mass is 16.5. The number of para-hydroxylation sites is 2. The summed E-state index contributed by atoms with van der Waals surface area (Å²) >= 11 is 0. The number of carbonyl (C=O) groups is 1. The molecule has 2 rings (SSSR count). The SMILES string of the molecule is COc1ccccc1NC(=O)[C@H]1CCCO1. The monoisotopic (exact) mass is 221 g/mol. The summed E-state index contributed by atoms with van der Waals surface area (Å²) < 4.78 is 10.5. The molecule has 1 N–H and O–H groups in total. The number of anilines is 1. The summed E-state index contributed by atoms with van der Waals surface area (Å²) in [6.07, 6.45) is 1.43. The Morgan fingerprint density at radius 2 is 2.31 bits per heavy atom. The maximum absolute atomic E-state index is 11.8. The number of ether oxygens (including phenoxy) is 2. The van der Waals surface area contributed by atoms with Gasteiger partial charge < -0.3 is 14.8 Å². The van der Waals surface area contributed by atoms with Gasteiger partial charge in [-0.05, 0) is 25.0 Å².